The Balaban J connectivity index is 2.11. The molecule has 0 radical (unpaired) electrons. The lowest BCUT2D eigenvalue weighted by molar-refractivity contribution is -0.125. The quantitative estimate of drug-likeness (QED) is 0.855. The number of halogens is 1. The van der Waals surface area contributed by atoms with E-state index in [-0.39, 0.29) is 16.3 Å². The molecule has 15 heavy (non-hydrogen) atoms. The summed E-state index contributed by atoms with van der Waals surface area (Å²) in [5.74, 6) is -0.0119. The normalized spacial score (nSPS) is 18.7. The van der Waals surface area contributed by atoms with Gasteiger partial charge in [0.05, 0.1) is 0 Å². The fourth-order valence-electron chi connectivity index (χ4n) is 1.71. The zero-order chi connectivity index (χ0) is 10.9. The predicted molar refractivity (Wildman–Crippen MR) is 58.3 cm³/mol. The number of carbonyl (C=O) groups is 1. The van der Waals surface area contributed by atoms with E-state index in [1.807, 2.05) is 6.07 Å². The van der Waals surface area contributed by atoms with Gasteiger partial charge in [-0.2, -0.15) is 0 Å². The summed E-state index contributed by atoms with van der Waals surface area (Å²) in [6.45, 7) is 0.458. The second-order valence-corrected chi connectivity index (χ2v) is 5.38. The smallest absolute Gasteiger partial charge is 0.135 e. The average Bonchev–Trinajstić information content (AvgIpc) is 2.15. The number of ketones is 1. The molecule has 80 valence electrons. The van der Waals surface area contributed by atoms with Crippen LogP contribution in [0.25, 0.3) is 0 Å². The molecular weight excluding hydrogens is 213 g/mol. The zero-order valence-electron chi connectivity index (χ0n) is 8.20. The van der Waals surface area contributed by atoms with Crippen molar-refractivity contribution in [3.63, 3.8) is 0 Å². The molecule has 1 aromatic carbocycles. The minimum Gasteiger partial charge on any atom is -0.329 e. The lowest BCUT2D eigenvalue weighted by atomic mass is 9.83. The maximum absolute atomic E-state index is 12.9. The molecule has 4 heteroatoms. The monoisotopic (exact) mass is 225 g/mol. The largest absolute Gasteiger partial charge is 0.329 e. The summed E-state index contributed by atoms with van der Waals surface area (Å²) in [5, 5.41) is 0. The molecule has 0 amide bonds. The van der Waals surface area contributed by atoms with E-state index < -0.39 is 0 Å². The van der Waals surface area contributed by atoms with Crippen LogP contribution in [0.1, 0.15) is 12.8 Å². The van der Waals surface area contributed by atoms with Crippen LogP contribution in [0.15, 0.2) is 29.2 Å². The fraction of sp³-hybridized carbons (Fsp3) is 0.364. The minimum atomic E-state index is -0.252. The second-order valence-electron chi connectivity index (χ2n) is 3.84. The molecule has 0 bridgehead atoms. The summed E-state index contributed by atoms with van der Waals surface area (Å²) in [6, 6.07) is 6.40. The van der Waals surface area contributed by atoms with E-state index in [2.05, 4.69) is 0 Å². The van der Waals surface area contributed by atoms with Gasteiger partial charge in [0.1, 0.15) is 11.6 Å². The molecular formula is C11H12FNOS. The van der Waals surface area contributed by atoms with Crippen LogP contribution in [0.4, 0.5) is 4.39 Å². The Morgan fingerprint density at radius 2 is 2.20 bits per heavy atom. The highest BCUT2D eigenvalue weighted by molar-refractivity contribution is 8.00. The number of rotatable bonds is 3. The SMILES string of the molecule is NCC1(Sc2cccc(F)c2)CC(=O)C1. The fourth-order valence-corrected chi connectivity index (χ4v) is 3.07. The van der Waals surface area contributed by atoms with Crippen LogP contribution < -0.4 is 5.73 Å². The summed E-state index contributed by atoms with van der Waals surface area (Å²) in [5.41, 5.74) is 5.65. The average molecular weight is 225 g/mol. The number of nitrogens with two attached hydrogens (primary N) is 1. The van der Waals surface area contributed by atoms with Gasteiger partial charge in [-0.1, -0.05) is 6.07 Å². The van der Waals surface area contributed by atoms with E-state index in [1.54, 1.807) is 6.07 Å². The highest BCUT2D eigenvalue weighted by Gasteiger charge is 2.43. The molecule has 2 rings (SSSR count). The summed E-state index contributed by atoms with van der Waals surface area (Å²) < 4.78 is 12.7. The minimum absolute atomic E-state index is 0.190. The molecule has 0 aliphatic heterocycles. The van der Waals surface area contributed by atoms with Crippen LogP contribution >= 0.6 is 11.8 Å². The number of benzene rings is 1. The van der Waals surface area contributed by atoms with Crippen LogP contribution in [-0.2, 0) is 4.79 Å². The van der Waals surface area contributed by atoms with E-state index in [0.29, 0.717) is 19.4 Å². The molecule has 0 aromatic heterocycles. The molecule has 1 saturated carbocycles. The lowest BCUT2D eigenvalue weighted by Gasteiger charge is -2.38. The van der Waals surface area contributed by atoms with Crippen LogP contribution in [0.3, 0.4) is 0 Å². The third-order valence-electron chi connectivity index (χ3n) is 2.54. The van der Waals surface area contributed by atoms with Gasteiger partial charge in [-0.15, -0.1) is 11.8 Å². The number of hydrogen-bond donors (Lipinski definition) is 1. The van der Waals surface area contributed by atoms with Gasteiger partial charge in [-0.05, 0) is 18.2 Å². The van der Waals surface area contributed by atoms with Crippen molar-refractivity contribution in [1.82, 2.24) is 0 Å². The van der Waals surface area contributed by atoms with Crippen molar-refractivity contribution in [1.29, 1.82) is 0 Å². The number of thioether (sulfide) groups is 1. The number of carbonyl (C=O) groups excluding carboxylic acids is 1. The number of Topliss-reactive ketones (excluding diaryl/α,β-unsaturated/α-hetero) is 1. The maximum Gasteiger partial charge on any atom is 0.135 e. The van der Waals surface area contributed by atoms with E-state index >= 15 is 0 Å². The molecule has 1 fully saturated rings. The molecule has 0 saturated heterocycles. The molecule has 1 aliphatic rings. The zero-order valence-corrected chi connectivity index (χ0v) is 9.02. The van der Waals surface area contributed by atoms with Gasteiger partial charge in [0.15, 0.2) is 0 Å². The van der Waals surface area contributed by atoms with Crippen LogP contribution in [0.5, 0.6) is 0 Å². The van der Waals surface area contributed by atoms with Crippen LogP contribution in [0.2, 0.25) is 0 Å². The van der Waals surface area contributed by atoms with Gasteiger partial charge < -0.3 is 5.73 Å². The first kappa shape index (κ1) is 10.6. The highest BCUT2D eigenvalue weighted by atomic mass is 32.2. The van der Waals surface area contributed by atoms with Crippen molar-refractivity contribution in [2.45, 2.75) is 22.5 Å². The Morgan fingerprint density at radius 3 is 2.73 bits per heavy atom. The Labute approximate surface area is 92.0 Å². The van der Waals surface area contributed by atoms with Crippen molar-refractivity contribution in [2.75, 3.05) is 6.54 Å². The van der Waals surface area contributed by atoms with E-state index in [0.717, 1.165) is 4.90 Å². The molecule has 0 atom stereocenters. The standard InChI is InChI=1S/C11H12FNOS/c12-8-2-1-3-10(4-8)15-11(7-13)5-9(14)6-11/h1-4H,5-7,13H2. The van der Waals surface area contributed by atoms with Crippen LogP contribution in [-0.4, -0.2) is 17.1 Å². The Morgan fingerprint density at radius 1 is 1.47 bits per heavy atom. The lowest BCUT2D eigenvalue weighted by Crippen LogP contribution is -2.47. The summed E-state index contributed by atoms with van der Waals surface area (Å²) in [4.78, 5) is 11.8. The molecule has 2 N–H and O–H groups in total. The summed E-state index contributed by atoms with van der Waals surface area (Å²) >= 11 is 1.51. The van der Waals surface area contributed by atoms with Gasteiger partial charge in [-0.3, -0.25) is 4.79 Å². The molecule has 1 aromatic rings. The first-order valence-electron chi connectivity index (χ1n) is 4.80. The predicted octanol–water partition coefficient (Wildman–Crippen LogP) is 1.98. The second kappa shape index (κ2) is 3.94. The van der Waals surface area contributed by atoms with Crippen molar-refractivity contribution in [3.05, 3.63) is 30.1 Å². The molecule has 1 aliphatic carbocycles. The topological polar surface area (TPSA) is 43.1 Å². The maximum atomic E-state index is 12.9. The van der Waals surface area contributed by atoms with Crippen molar-refractivity contribution in [2.24, 2.45) is 5.73 Å². The van der Waals surface area contributed by atoms with Gasteiger partial charge in [0, 0.05) is 29.0 Å². The molecule has 2 nitrogen and oxygen atoms in total. The van der Waals surface area contributed by atoms with Crippen molar-refractivity contribution in [3.8, 4) is 0 Å². The van der Waals surface area contributed by atoms with Gasteiger partial charge in [-0.25, -0.2) is 4.39 Å². The Hall–Kier alpha value is -0.870. The molecule has 0 unspecified atom stereocenters. The van der Waals surface area contributed by atoms with Crippen molar-refractivity contribution >= 4 is 17.5 Å². The Kier molecular flexibility index (Phi) is 2.80. The Bertz CT molecular complexity index is 386. The third-order valence-corrected chi connectivity index (χ3v) is 3.92. The van der Waals surface area contributed by atoms with Crippen LogP contribution in [0, 0.1) is 5.82 Å². The third kappa shape index (κ3) is 2.21. The highest BCUT2D eigenvalue weighted by Crippen LogP contribution is 2.44. The summed E-state index contributed by atoms with van der Waals surface area (Å²) in [7, 11) is 0. The van der Waals surface area contributed by atoms with E-state index in [9.17, 15) is 9.18 Å². The van der Waals surface area contributed by atoms with E-state index in [4.69, 9.17) is 5.73 Å². The first-order chi connectivity index (χ1) is 7.13. The number of hydrogen-bond acceptors (Lipinski definition) is 3. The first-order valence-corrected chi connectivity index (χ1v) is 5.62. The molecule has 0 spiro atoms. The van der Waals surface area contributed by atoms with Gasteiger partial charge >= 0.3 is 0 Å². The summed E-state index contributed by atoms with van der Waals surface area (Å²) in [6.07, 6.45) is 1.01. The van der Waals surface area contributed by atoms with Gasteiger partial charge in [0.2, 0.25) is 0 Å². The van der Waals surface area contributed by atoms with Crippen molar-refractivity contribution < 1.29 is 9.18 Å². The van der Waals surface area contributed by atoms with E-state index in [1.165, 1.54) is 23.9 Å². The molecule has 0 heterocycles. The van der Waals surface area contributed by atoms with Gasteiger partial charge in [0.25, 0.3) is 0 Å².